The molecular weight excluding hydrogens is 596 g/mol. The number of ether oxygens (including phenoxy) is 2. The Balaban J connectivity index is 1.37. The zero-order valence-electron chi connectivity index (χ0n) is 26.7. The zero-order valence-corrected chi connectivity index (χ0v) is 27.5. The fourth-order valence-electron chi connectivity index (χ4n) is 4.74. The third-order valence-electron chi connectivity index (χ3n) is 6.79. The van der Waals surface area contributed by atoms with Gasteiger partial charge < -0.3 is 29.9 Å². The van der Waals surface area contributed by atoms with E-state index in [0.29, 0.717) is 31.3 Å². The number of nitrogens with zero attached hydrogens (tertiary/aromatic N) is 4. The highest BCUT2D eigenvalue weighted by molar-refractivity contribution is 7.85. The number of alkyl carbamates (subject to hydrolysis) is 1. The van der Waals surface area contributed by atoms with Crippen molar-refractivity contribution in [3.63, 3.8) is 0 Å². The summed E-state index contributed by atoms with van der Waals surface area (Å²) in [6, 6.07) is 15.9. The van der Waals surface area contributed by atoms with Crippen molar-refractivity contribution < 1.29 is 26.9 Å². The van der Waals surface area contributed by atoms with Crippen molar-refractivity contribution >= 4 is 33.5 Å². The first-order valence-corrected chi connectivity index (χ1v) is 16.8. The summed E-state index contributed by atoms with van der Waals surface area (Å²) in [6.07, 6.45) is 3.16. The molecule has 12 nitrogen and oxygen atoms in total. The minimum absolute atomic E-state index is 0.0723. The topological polar surface area (TPSA) is 135 Å². The highest BCUT2D eigenvalue weighted by Crippen LogP contribution is 2.27. The lowest BCUT2D eigenvalue weighted by atomic mass is 10.1. The van der Waals surface area contributed by atoms with Gasteiger partial charge in [-0.05, 0) is 76.2 Å². The van der Waals surface area contributed by atoms with Crippen LogP contribution in [0.5, 0.6) is 0 Å². The Hall–Kier alpha value is -3.78. The first kappa shape index (κ1) is 34.1. The van der Waals surface area contributed by atoms with Gasteiger partial charge in [0, 0.05) is 49.3 Å². The van der Waals surface area contributed by atoms with E-state index < -0.39 is 21.8 Å². The molecule has 1 aromatic heterocycles. The van der Waals surface area contributed by atoms with Gasteiger partial charge in [0.15, 0.2) is 0 Å². The Morgan fingerprint density at radius 2 is 1.80 bits per heavy atom. The third-order valence-corrected chi connectivity index (χ3v) is 7.34. The number of morpholine rings is 1. The Morgan fingerprint density at radius 1 is 1.07 bits per heavy atom. The second kappa shape index (κ2) is 15.5. The Kier molecular flexibility index (Phi) is 11.7. The van der Waals surface area contributed by atoms with Crippen molar-refractivity contribution in [2.45, 2.75) is 45.9 Å². The molecule has 0 bridgehead atoms. The van der Waals surface area contributed by atoms with Crippen LogP contribution >= 0.6 is 0 Å². The highest BCUT2D eigenvalue weighted by atomic mass is 32.2. The summed E-state index contributed by atoms with van der Waals surface area (Å²) in [4.78, 5) is 25.4. The molecule has 0 spiro atoms. The van der Waals surface area contributed by atoms with E-state index in [2.05, 4.69) is 44.6 Å². The van der Waals surface area contributed by atoms with E-state index in [1.807, 2.05) is 57.2 Å². The van der Waals surface area contributed by atoms with Crippen LogP contribution < -0.4 is 15.5 Å². The molecule has 3 aromatic rings. The van der Waals surface area contributed by atoms with Crippen LogP contribution in [0.4, 0.5) is 22.1 Å². The molecule has 244 valence electrons. The SMILES string of the molecule is CN(CCCNC(=O)OC(C)(C)C)Cc1ccc(-c2ccnc(Nc3cc(COS(C)(=O)=O)cc(N4CCOCC4)c3)n2)cc1. The second-order valence-corrected chi connectivity index (χ2v) is 13.7. The minimum Gasteiger partial charge on any atom is -0.444 e. The van der Waals surface area contributed by atoms with Crippen LogP contribution in [0.3, 0.4) is 0 Å². The molecule has 1 amide bonds. The average molecular weight is 641 g/mol. The van der Waals surface area contributed by atoms with Crippen LogP contribution in [0.2, 0.25) is 0 Å². The first-order chi connectivity index (χ1) is 21.3. The van der Waals surface area contributed by atoms with E-state index >= 15 is 0 Å². The second-order valence-electron chi connectivity index (χ2n) is 12.1. The fraction of sp³-hybridized carbons (Fsp3) is 0.469. The van der Waals surface area contributed by atoms with Crippen LogP contribution in [0, 0.1) is 0 Å². The molecule has 2 heterocycles. The molecule has 1 aliphatic rings. The van der Waals surface area contributed by atoms with Crippen molar-refractivity contribution in [2.24, 2.45) is 0 Å². The Morgan fingerprint density at radius 3 is 2.49 bits per heavy atom. The average Bonchev–Trinajstić information content (AvgIpc) is 2.98. The van der Waals surface area contributed by atoms with Gasteiger partial charge in [0.05, 0.1) is 31.8 Å². The molecule has 0 saturated carbocycles. The molecule has 45 heavy (non-hydrogen) atoms. The third kappa shape index (κ3) is 11.9. The van der Waals surface area contributed by atoms with Gasteiger partial charge in [-0.25, -0.2) is 14.8 Å². The van der Waals surface area contributed by atoms with Crippen LogP contribution in [0.1, 0.15) is 38.3 Å². The monoisotopic (exact) mass is 640 g/mol. The molecule has 0 radical (unpaired) electrons. The summed E-state index contributed by atoms with van der Waals surface area (Å²) in [5, 5.41) is 6.08. The maximum Gasteiger partial charge on any atom is 0.407 e. The van der Waals surface area contributed by atoms with Crippen LogP contribution in [0.15, 0.2) is 54.7 Å². The van der Waals surface area contributed by atoms with Gasteiger partial charge >= 0.3 is 6.09 Å². The van der Waals surface area contributed by atoms with Gasteiger partial charge in [0.25, 0.3) is 10.1 Å². The van der Waals surface area contributed by atoms with Crippen LogP contribution in [0.25, 0.3) is 11.3 Å². The maximum absolute atomic E-state index is 11.8. The molecule has 0 aliphatic carbocycles. The predicted molar refractivity (Wildman–Crippen MR) is 175 cm³/mol. The molecular formula is C32H44N6O6S. The van der Waals surface area contributed by atoms with Crippen molar-refractivity contribution in [1.29, 1.82) is 0 Å². The number of carbonyl (C=O) groups excluding carboxylic acids is 1. The van der Waals surface area contributed by atoms with E-state index in [9.17, 15) is 13.2 Å². The Bertz CT molecular complexity index is 1520. The van der Waals surface area contributed by atoms with Gasteiger partial charge in [-0.1, -0.05) is 24.3 Å². The Labute approximate surface area is 266 Å². The highest BCUT2D eigenvalue weighted by Gasteiger charge is 2.16. The van der Waals surface area contributed by atoms with Gasteiger partial charge in [-0.3, -0.25) is 4.18 Å². The van der Waals surface area contributed by atoms with Gasteiger partial charge in [-0.2, -0.15) is 8.42 Å². The van der Waals surface area contributed by atoms with E-state index in [-0.39, 0.29) is 6.61 Å². The van der Waals surface area contributed by atoms with Gasteiger partial charge in [-0.15, -0.1) is 0 Å². The summed E-state index contributed by atoms with van der Waals surface area (Å²) < 4.78 is 39.1. The van der Waals surface area contributed by atoms with Crippen LogP contribution in [-0.2, 0) is 36.9 Å². The largest absolute Gasteiger partial charge is 0.444 e. The number of aromatic nitrogens is 2. The molecule has 1 saturated heterocycles. The van der Waals surface area contributed by atoms with Crippen LogP contribution in [-0.4, -0.2) is 87.7 Å². The number of rotatable bonds is 13. The number of hydrogen-bond donors (Lipinski definition) is 2. The minimum atomic E-state index is -3.59. The van der Waals surface area contributed by atoms with E-state index in [1.54, 1.807) is 6.20 Å². The molecule has 13 heteroatoms. The summed E-state index contributed by atoms with van der Waals surface area (Å²) in [5.74, 6) is 0.422. The number of anilines is 3. The molecule has 0 atom stereocenters. The number of amides is 1. The summed E-state index contributed by atoms with van der Waals surface area (Å²) in [5.41, 5.74) is 4.76. The standard InChI is InChI=1S/C32H44N6O6S/c1-32(2,3)44-31(39)34-12-6-14-37(4)22-24-7-9-26(10-8-24)29-11-13-33-30(36-29)35-27-19-25(23-43-45(5,40)41)20-28(21-27)38-15-17-42-18-16-38/h7-11,13,19-21H,6,12,14-18,22-23H2,1-5H3,(H,34,39)(H,33,35,36). The zero-order chi connectivity index (χ0) is 32.5. The lowest BCUT2D eigenvalue weighted by Gasteiger charge is -2.29. The van der Waals surface area contributed by atoms with Gasteiger partial charge in [0.2, 0.25) is 5.95 Å². The fourth-order valence-corrected chi connectivity index (χ4v) is 5.09. The quantitative estimate of drug-likeness (QED) is 0.201. The lowest BCUT2D eigenvalue weighted by Crippen LogP contribution is -2.36. The molecule has 4 rings (SSSR count). The summed E-state index contributed by atoms with van der Waals surface area (Å²) in [6.45, 7) is 10.3. The number of carbonyl (C=O) groups is 1. The summed E-state index contributed by atoms with van der Waals surface area (Å²) in [7, 11) is -1.54. The van der Waals surface area contributed by atoms with E-state index in [1.165, 1.54) is 0 Å². The van der Waals surface area contributed by atoms with Crippen molar-refractivity contribution in [1.82, 2.24) is 20.2 Å². The number of benzene rings is 2. The smallest absolute Gasteiger partial charge is 0.407 e. The van der Waals surface area contributed by atoms with E-state index in [4.69, 9.17) is 18.6 Å². The first-order valence-electron chi connectivity index (χ1n) is 15.0. The van der Waals surface area contributed by atoms with Gasteiger partial charge in [0.1, 0.15) is 5.60 Å². The van der Waals surface area contributed by atoms with E-state index in [0.717, 1.165) is 67.1 Å². The molecule has 1 fully saturated rings. The van der Waals surface area contributed by atoms with Crippen molar-refractivity contribution in [3.05, 3.63) is 65.9 Å². The lowest BCUT2D eigenvalue weighted by molar-refractivity contribution is 0.0526. The molecule has 1 aliphatic heterocycles. The van der Waals surface area contributed by atoms with Crippen molar-refractivity contribution in [3.8, 4) is 11.3 Å². The molecule has 2 N–H and O–H groups in total. The number of hydrogen-bond acceptors (Lipinski definition) is 11. The molecule has 2 aromatic carbocycles. The maximum atomic E-state index is 11.8. The number of nitrogens with one attached hydrogen (secondary N) is 2. The van der Waals surface area contributed by atoms with Crippen molar-refractivity contribution in [2.75, 3.05) is 62.9 Å². The predicted octanol–water partition coefficient (Wildman–Crippen LogP) is 4.55. The summed E-state index contributed by atoms with van der Waals surface area (Å²) >= 11 is 0. The molecule has 0 unspecified atom stereocenters. The normalized spacial score (nSPS) is 14.0.